The van der Waals surface area contributed by atoms with Gasteiger partial charge in [0.1, 0.15) is 12.1 Å². The molecule has 1 saturated carbocycles. The van der Waals surface area contributed by atoms with Crippen LogP contribution in [0.2, 0.25) is 0 Å². The summed E-state index contributed by atoms with van der Waals surface area (Å²) in [4.78, 5) is 16.2. The molecule has 1 aliphatic carbocycles. The number of ketones is 1. The highest BCUT2D eigenvalue weighted by Gasteiger charge is 2.15. The molecule has 0 spiro atoms. The number of nitrogens with one attached hydrogen (secondary N) is 1. The first-order valence-corrected chi connectivity index (χ1v) is 11.0. The fourth-order valence-corrected chi connectivity index (χ4v) is 4.53. The summed E-state index contributed by atoms with van der Waals surface area (Å²) >= 11 is 1.39. The van der Waals surface area contributed by atoms with E-state index >= 15 is 0 Å². The van der Waals surface area contributed by atoms with Crippen LogP contribution < -0.4 is 0 Å². The van der Waals surface area contributed by atoms with E-state index in [1.807, 2.05) is 0 Å². The Morgan fingerprint density at radius 2 is 1.64 bits per heavy atom. The topological polar surface area (TPSA) is 58.6 Å². The van der Waals surface area contributed by atoms with Crippen molar-refractivity contribution in [1.29, 1.82) is 0 Å². The van der Waals surface area contributed by atoms with Gasteiger partial charge >= 0.3 is 0 Å². The van der Waals surface area contributed by atoms with Gasteiger partial charge in [0.25, 0.3) is 0 Å². The molecule has 0 saturated heterocycles. The van der Waals surface area contributed by atoms with Gasteiger partial charge in [0.2, 0.25) is 0 Å². The fourth-order valence-electron chi connectivity index (χ4n) is 3.89. The number of benzene rings is 2. The van der Waals surface area contributed by atoms with Gasteiger partial charge in [-0.05, 0) is 41.0 Å². The lowest BCUT2D eigenvalue weighted by Crippen LogP contribution is -2.05. The van der Waals surface area contributed by atoms with Crippen molar-refractivity contribution in [3.05, 3.63) is 66.0 Å². The molecule has 0 aliphatic heterocycles. The lowest BCUT2D eigenvalue weighted by Gasteiger charge is -2.22. The summed E-state index contributed by atoms with van der Waals surface area (Å²) in [5.74, 6) is 1.33. The van der Waals surface area contributed by atoms with Crippen LogP contribution in [0.25, 0.3) is 11.1 Å². The van der Waals surface area contributed by atoms with Crippen molar-refractivity contribution in [2.45, 2.75) is 49.6 Å². The summed E-state index contributed by atoms with van der Waals surface area (Å²) in [6, 6.07) is 17.4. The molecule has 4 rings (SSSR count). The van der Waals surface area contributed by atoms with Crippen molar-refractivity contribution in [1.82, 2.24) is 15.2 Å². The number of hydrogen-bond donors (Lipinski definition) is 1. The van der Waals surface area contributed by atoms with Crippen molar-refractivity contribution < 1.29 is 4.79 Å². The quantitative estimate of drug-likeness (QED) is 0.546. The Hall–Kier alpha value is -2.40. The maximum absolute atomic E-state index is 12.2. The molecule has 0 unspecified atom stereocenters. The number of H-pyrrole nitrogens is 1. The Morgan fingerprint density at radius 3 is 2.29 bits per heavy atom. The van der Waals surface area contributed by atoms with Gasteiger partial charge in [0, 0.05) is 6.42 Å². The summed E-state index contributed by atoms with van der Waals surface area (Å²) in [5, 5.41) is 7.22. The van der Waals surface area contributed by atoms with Gasteiger partial charge in [-0.15, -0.1) is 0 Å². The largest absolute Gasteiger partial charge is 0.298 e. The van der Waals surface area contributed by atoms with Gasteiger partial charge in [0.05, 0.1) is 5.75 Å². The van der Waals surface area contributed by atoms with Crippen LogP contribution in [0.4, 0.5) is 0 Å². The van der Waals surface area contributed by atoms with Crippen molar-refractivity contribution in [2.24, 2.45) is 0 Å². The molecule has 1 fully saturated rings. The molecule has 1 aromatic heterocycles. The maximum Gasteiger partial charge on any atom is 0.183 e. The van der Waals surface area contributed by atoms with Crippen LogP contribution in [0, 0.1) is 0 Å². The minimum atomic E-state index is 0.186. The maximum atomic E-state index is 12.2. The lowest BCUT2D eigenvalue weighted by atomic mass is 9.83. The number of rotatable bonds is 7. The van der Waals surface area contributed by atoms with Gasteiger partial charge in [0.15, 0.2) is 5.16 Å². The van der Waals surface area contributed by atoms with E-state index in [1.54, 1.807) is 0 Å². The number of aromatic nitrogens is 3. The molecule has 144 valence electrons. The molecule has 0 amide bonds. The molecule has 0 radical (unpaired) electrons. The van der Waals surface area contributed by atoms with E-state index in [0.29, 0.717) is 17.3 Å². The second-order valence-corrected chi connectivity index (χ2v) is 8.41. The molecule has 28 heavy (non-hydrogen) atoms. The van der Waals surface area contributed by atoms with Crippen LogP contribution >= 0.6 is 11.8 Å². The van der Waals surface area contributed by atoms with Crippen LogP contribution in [-0.2, 0) is 11.2 Å². The van der Waals surface area contributed by atoms with E-state index in [4.69, 9.17) is 0 Å². The number of carbonyl (C=O) groups is 1. The molecule has 3 aromatic rings. The molecule has 5 heteroatoms. The first kappa shape index (κ1) is 18.9. The average molecular weight is 392 g/mol. The Balaban J connectivity index is 1.34. The van der Waals surface area contributed by atoms with Gasteiger partial charge in [-0.2, -0.15) is 5.10 Å². The predicted molar refractivity (Wildman–Crippen MR) is 114 cm³/mol. The summed E-state index contributed by atoms with van der Waals surface area (Å²) in [5.41, 5.74) is 4.96. The monoisotopic (exact) mass is 391 g/mol. The standard InChI is InChI=1S/C23H25N3OS/c27-22(15-28-23-24-16-25-26-23)14-17-6-8-19(9-7-17)21-12-10-20(11-13-21)18-4-2-1-3-5-18/h6-13,16,18H,1-5,14-15H2,(H,24,25,26). The smallest absolute Gasteiger partial charge is 0.183 e. The molecular weight excluding hydrogens is 366 g/mol. The molecule has 0 atom stereocenters. The Labute approximate surface area is 170 Å². The predicted octanol–water partition coefficient (Wildman–Crippen LogP) is 5.42. The van der Waals surface area contributed by atoms with Gasteiger partial charge < -0.3 is 0 Å². The summed E-state index contributed by atoms with van der Waals surface area (Å²) in [6.07, 6.45) is 8.68. The van der Waals surface area contributed by atoms with Crippen LogP contribution in [0.5, 0.6) is 0 Å². The fraction of sp³-hybridized carbons (Fsp3) is 0.348. The third-order valence-electron chi connectivity index (χ3n) is 5.44. The summed E-state index contributed by atoms with van der Waals surface area (Å²) in [6.45, 7) is 0. The van der Waals surface area contributed by atoms with Crippen LogP contribution in [0.1, 0.15) is 49.1 Å². The first-order valence-electron chi connectivity index (χ1n) is 9.97. The van der Waals surface area contributed by atoms with Crippen LogP contribution in [0.3, 0.4) is 0 Å². The van der Waals surface area contributed by atoms with E-state index in [-0.39, 0.29) is 5.78 Å². The number of aromatic amines is 1. The number of nitrogens with zero attached hydrogens (tertiary/aromatic N) is 2. The molecule has 1 heterocycles. The number of hydrogen-bond acceptors (Lipinski definition) is 4. The Bertz CT molecular complexity index is 883. The zero-order chi connectivity index (χ0) is 19.2. The normalized spacial score (nSPS) is 14.9. The molecule has 1 aliphatic rings. The number of Topliss-reactive ketones (excluding diaryl/α,β-unsaturated/α-hetero) is 1. The average Bonchev–Trinajstić information content (AvgIpc) is 3.27. The van der Waals surface area contributed by atoms with Crippen LogP contribution in [0.15, 0.2) is 60.0 Å². The highest BCUT2D eigenvalue weighted by Crippen LogP contribution is 2.33. The van der Waals surface area contributed by atoms with E-state index in [2.05, 4.69) is 63.7 Å². The highest BCUT2D eigenvalue weighted by molar-refractivity contribution is 7.99. The van der Waals surface area contributed by atoms with Crippen molar-refractivity contribution >= 4 is 17.5 Å². The second-order valence-electron chi connectivity index (χ2n) is 7.45. The van der Waals surface area contributed by atoms with Crippen molar-refractivity contribution in [3.8, 4) is 11.1 Å². The highest BCUT2D eigenvalue weighted by atomic mass is 32.2. The van der Waals surface area contributed by atoms with Gasteiger partial charge in [-0.1, -0.05) is 79.6 Å². The SMILES string of the molecule is O=C(CSc1ncn[nH]1)Cc1ccc(-c2ccc(C3CCCCC3)cc2)cc1. The van der Waals surface area contributed by atoms with Gasteiger partial charge in [-0.3, -0.25) is 9.89 Å². The van der Waals surface area contributed by atoms with E-state index in [9.17, 15) is 4.79 Å². The van der Waals surface area contributed by atoms with E-state index < -0.39 is 0 Å². The first-order chi connectivity index (χ1) is 13.8. The van der Waals surface area contributed by atoms with Crippen molar-refractivity contribution in [2.75, 3.05) is 5.75 Å². The third kappa shape index (κ3) is 4.90. The Morgan fingerprint density at radius 1 is 0.964 bits per heavy atom. The van der Waals surface area contributed by atoms with E-state index in [0.717, 1.165) is 11.5 Å². The zero-order valence-electron chi connectivity index (χ0n) is 15.9. The van der Waals surface area contributed by atoms with Gasteiger partial charge in [-0.25, -0.2) is 4.98 Å². The lowest BCUT2D eigenvalue weighted by molar-refractivity contribution is -0.116. The third-order valence-corrected chi connectivity index (χ3v) is 6.38. The molecule has 1 N–H and O–H groups in total. The summed E-state index contributed by atoms with van der Waals surface area (Å²) < 4.78 is 0. The number of thioether (sulfide) groups is 1. The minimum absolute atomic E-state index is 0.186. The molecule has 4 nitrogen and oxygen atoms in total. The Kier molecular flexibility index (Phi) is 6.22. The van der Waals surface area contributed by atoms with Crippen LogP contribution in [-0.4, -0.2) is 26.7 Å². The minimum Gasteiger partial charge on any atom is -0.298 e. The number of carbonyl (C=O) groups excluding carboxylic acids is 1. The second kappa shape index (κ2) is 9.20. The van der Waals surface area contributed by atoms with Crippen molar-refractivity contribution in [3.63, 3.8) is 0 Å². The zero-order valence-corrected chi connectivity index (χ0v) is 16.8. The molecule has 2 aromatic carbocycles. The molecule has 0 bridgehead atoms. The molecular formula is C23H25N3OS. The van der Waals surface area contributed by atoms with E-state index in [1.165, 1.54) is 66.9 Å². The summed E-state index contributed by atoms with van der Waals surface area (Å²) in [7, 11) is 0.